The predicted octanol–water partition coefficient (Wildman–Crippen LogP) is 18.5. The number of furan rings is 1. The number of aromatic nitrogens is 1. The van der Waals surface area contributed by atoms with Crippen LogP contribution in [0.2, 0.25) is 0 Å². The van der Waals surface area contributed by atoms with E-state index in [1.54, 1.807) is 0 Å². The molecule has 2 heterocycles. The fourth-order valence-corrected chi connectivity index (χ4v) is 10.2. The number of para-hydroxylation sites is 4. The van der Waals surface area contributed by atoms with Crippen LogP contribution in [-0.2, 0) is 0 Å². The van der Waals surface area contributed by atoms with Crippen LogP contribution in [0.25, 0.3) is 105 Å². The lowest BCUT2D eigenvalue weighted by atomic mass is 9.93. The molecule has 0 spiro atoms. The second kappa shape index (κ2) is 16.9. The van der Waals surface area contributed by atoms with Crippen molar-refractivity contribution in [2.45, 2.75) is 0 Å². The van der Waals surface area contributed by atoms with Gasteiger partial charge in [0.05, 0.1) is 11.0 Å². The number of benzene rings is 11. The smallest absolute Gasteiger partial charge is 0.143 e. The van der Waals surface area contributed by atoms with E-state index in [2.05, 4.69) is 264 Å². The van der Waals surface area contributed by atoms with Gasteiger partial charge in [0.2, 0.25) is 0 Å². The lowest BCUT2D eigenvalue weighted by Gasteiger charge is -2.26. The summed E-state index contributed by atoms with van der Waals surface area (Å²) in [6, 6.07) is 96.1. The Balaban J connectivity index is 0.902. The number of anilines is 3. The van der Waals surface area contributed by atoms with Crippen molar-refractivity contribution in [2.75, 3.05) is 4.90 Å². The second-order valence-corrected chi connectivity index (χ2v) is 17.7. The van der Waals surface area contributed by atoms with E-state index in [4.69, 9.17) is 4.42 Å². The third kappa shape index (κ3) is 7.25. The average molecular weight is 881 g/mol. The van der Waals surface area contributed by atoms with Crippen LogP contribution in [0.5, 0.6) is 0 Å². The molecule has 3 nitrogen and oxygen atoms in total. The number of nitrogens with zero attached hydrogens (tertiary/aromatic N) is 2. The van der Waals surface area contributed by atoms with Crippen LogP contribution in [0.4, 0.5) is 17.1 Å². The van der Waals surface area contributed by atoms with E-state index in [-0.39, 0.29) is 0 Å². The van der Waals surface area contributed by atoms with Crippen LogP contribution in [0.1, 0.15) is 0 Å². The summed E-state index contributed by atoms with van der Waals surface area (Å²) in [6.07, 6.45) is 0. The minimum Gasteiger partial charge on any atom is -0.455 e. The summed E-state index contributed by atoms with van der Waals surface area (Å²) in [6.45, 7) is 0. The largest absolute Gasteiger partial charge is 0.455 e. The van der Waals surface area contributed by atoms with Crippen molar-refractivity contribution in [1.82, 2.24) is 4.57 Å². The maximum absolute atomic E-state index is 6.47. The van der Waals surface area contributed by atoms with Gasteiger partial charge in [0.1, 0.15) is 11.2 Å². The van der Waals surface area contributed by atoms with Gasteiger partial charge in [0, 0.05) is 49.9 Å². The highest BCUT2D eigenvalue weighted by molar-refractivity contribution is 6.11. The maximum Gasteiger partial charge on any atom is 0.143 e. The van der Waals surface area contributed by atoms with Gasteiger partial charge in [-0.3, -0.25) is 0 Å². The van der Waals surface area contributed by atoms with Crippen molar-refractivity contribution < 1.29 is 4.42 Å². The van der Waals surface area contributed by atoms with Gasteiger partial charge < -0.3 is 13.9 Å². The summed E-state index contributed by atoms with van der Waals surface area (Å²) < 4.78 is 8.85. The fraction of sp³-hybridized carbons (Fsp3) is 0. The topological polar surface area (TPSA) is 21.3 Å². The van der Waals surface area contributed by atoms with Crippen LogP contribution in [0.3, 0.4) is 0 Å². The lowest BCUT2D eigenvalue weighted by molar-refractivity contribution is 0.670. The molecule has 11 aromatic carbocycles. The Hall–Kier alpha value is -9.18. The lowest BCUT2D eigenvalue weighted by Crippen LogP contribution is -2.09. The zero-order chi connectivity index (χ0) is 45.7. The van der Waals surface area contributed by atoms with Gasteiger partial charge >= 0.3 is 0 Å². The van der Waals surface area contributed by atoms with Crippen molar-refractivity contribution in [1.29, 1.82) is 0 Å². The minimum atomic E-state index is 0.899. The first-order valence-electron chi connectivity index (χ1n) is 23.6. The van der Waals surface area contributed by atoms with Crippen molar-refractivity contribution in [3.05, 3.63) is 267 Å². The zero-order valence-corrected chi connectivity index (χ0v) is 37.7. The molecule has 0 aliphatic heterocycles. The average Bonchev–Trinajstić information content (AvgIpc) is 3.98. The summed E-state index contributed by atoms with van der Waals surface area (Å²) in [7, 11) is 0. The normalized spacial score (nSPS) is 11.5. The number of hydrogen-bond acceptors (Lipinski definition) is 2. The molecule has 0 fully saturated rings. The molecule has 0 amide bonds. The Bertz CT molecular complexity index is 3910. The van der Waals surface area contributed by atoms with Gasteiger partial charge in [0.15, 0.2) is 0 Å². The number of fused-ring (bicyclic) bond motifs is 6. The van der Waals surface area contributed by atoms with E-state index in [0.29, 0.717) is 0 Å². The molecule has 0 saturated heterocycles. The zero-order valence-electron chi connectivity index (χ0n) is 37.7. The van der Waals surface area contributed by atoms with Crippen LogP contribution in [0.15, 0.2) is 271 Å². The van der Waals surface area contributed by atoms with E-state index in [1.165, 1.54) is 55.2 Å². The van der Waals surface area contributed by atoms with Gasteiger partial charge in [-0.25, -0.2) is 0 Å². The predicted molar refractivity (Wildman–Crippen MR) is 290 cm³/mol. The first-order chi connectivity index (χ1) is 34.2. The van der Waals surface area contributed by atoms with Gasteiger partial charge in [-0.15, -0.1) is 0 Å². The first-order valence-corrected chi connectivity index (χ1v) is 23.6. The van der Waals surface area contributed by atoms with Crippen LogP contribution < -0.4 is 4.90 Å². The highest BCUT2D eigenvalue weighted by atomic mass is 16.3. The Morgan fingerprint density at radius 1 is 0.275 bits per heavy atom. The van der Waals surface area contributed by atoms with E-state index in [9.17, 15) is 0 Å². The Morgan fingerprint density at radius 3 is 1.33 bits per heavy atom. The molecule has 69 heavy (non-hydrogen) atoms. The third-order valence-corrected chi connectivity index (χ3v) is 13.6. The Labute approximate surface area is 401 Å². The summed E-state index contributed by atoms with van der Waals surface area (Å²) in [5.74, 6) is 0. The Kier molecular flexibility index (Phi) is 9.84. The first kappa shape index (κ1) is 40.1. The summed E-state index contributed by atoms with van der Waals surface area (Å²) in [5.41, 5.74) is 20.1. The highest BCUT2D eigenvalue weighted by Gasteiger charge is 2.18. The number of rotatable bonds is 9. The molecule has 13 aromatic rings. The molecule has 0 N–H and O–H groups in total. The minimum absolute atomic E-state index is 0.899. The molecule has 2 aromatic heterocycles. The maximum atomic E-state index is 6.47. The molecule has 0 unspecified atom stereocenters. The van der Waals surface area contributed by atoms with Gasteiger partial charge in [0.25, 0.3) is 0 Å². The molecule has 0 atom stereocenters. The van der Waals surface area contributed by atoms with Crippen molar-refractivity contribution in [2.24, 2.45) is 0 Å². The number of hydrogen-bond donors (Lipinski definition) is 0. The molecule has 3 heteroatoms. The summed E-state index contributed by atoms with van der Waals surface area (Å²) in [5, 5.41) is 4.75. The van der Waals surface area contributed by atoms with Gasteiger partial charge in [-0.1, -0.05) is 182 Å². The second-order valence-electron chi connectivity index (χ2n) is 17.7. The van der Waals surface area contributed by atoms with E-state index in [1.807, 2.05) is 12.1 Å². The fourth-order valence-electron chi connectivity index (χ4n) is 10.2. The van der Waals surface area contributed by atoms with Gasteiger partial charge in [-0.05, 0) is 135 Å². The standard InChI is InChI=1S/C66H44N2O/c1-4-15-45(16-5-1)51-41-52(46-17-6-2-7-18-46)43-53(42-51)48-29-36-56(37-30-48)67(57-38-31-49(32-39-57)58-23-14-24-62-61-22-11-13-26-65(61)69-66(58)62)55-34-27-47(28-35-55)50-33-40-60-59-21-10-12-25-63(59)68(64(60)44-50)54-19-8-3-9-20-54/h1-44H. The molecule has 0 saturated carbocycles. The monoisotopic (exact) mass is 880 g/mol. The quantitative estimate of drug-likeness (QED) is 0.144. The molecule has 0 aliphatic carbocycles. The molecule has 0 bridgehead atoms. The molecule has 324 valence electrons. The molecule has 0 aliphatic rings. The van der Waals surface area contributed by atoms with Gasteiger partial charge in [-0.2, -0.15) is 0 Å². The van der Waals surface area contributed by atoms with Crippen molar-refractivity contribution >= 4 is 60.8 Å². The third-order valence-electron chi connectivity index (χ3n) is 13.6. The molecule has 13 rings (SSSR count). The van der Waals surface area contributed by atoms with Crippen LogP contribution >= 0.6 is 0 Å². The SMILES string of the molecule is c1ccc(-c2cc(-c3ccccc3)cc(-c3ccc(N(c4ccc(-c5ccc6c7ccccc7n(-c7ccccc7)c6c5)cc4)c4ccc(-c5cccc6c5oc5ccccc56)cc4)cc3)c2)cc1. The molecule has 0 radical (unpaired) electrons. The molecular weight excluding hydrogens is 837 g/mol. The van der Waals surface area contributed by atoms with Crippen molar-refractivity contribution in [3.63, 3.8) is 0 Å². The summed E-state index contributed by atoms with van der Waals surface area (Å²) >= 11 is 0. The summed E-state index contributed by atoms with van der Waals surface area (Å²) in [4.78, 5) is 2.35. The van der Waals surface area contributed by atoms with E-state index < -0.39 is 0 Å². The highest BCUT2D eigenvalue weighted by Crippen LogP contribution is 2.42. The van der Waals surface area contributed by atoms with E-state index >= 15 is 0 Å². The van der Waals surface area contributed by atoms with Crippen LogP contribution in [0, 0.1) is 0 Å². The van der Waals surface area contributed by atoms with Crippen molar-refractivity contribution in [3.8, 4) is 61.3 Å². The van der Waals surface area contributed by atoms with Crippen LogP contribution in [-0.4, -0.2) is 4.57 Å². The Morgan fingerprint density at radius 2 is 0.725 bits per heavy atom. The molecular formula is C66H44N2O. The van der Waals surface area contributed by atoms with E-state index in [0.717, 1.165) is 66.9 Å².